The predicted molar refractivity (Wildman–Crippen MR) is 89.9 cm³/mol. The highest BCUT2D eigenvalue weighted by atomic mass is 32.2. The van der Waals surface area contributed by atoms with Crippen LogP contribution < -0.4 is 14.8 Å². The summed E-state index contributed by atoms with van der Waals surface area (Å²) >= 11 is 0. The SMILES string of the molecule is CN(C)c1ccccc1CN1CCC[C@H](CNS(N)(=O)=O)C1. The van der Waals surface area contributed by atoms with E-state index >= 15 is 0 Å². The molecule has 3 N–H and O–H groups in total. The van der Waals surface area contributed by atoms with Crippen molar-refractivity contribution in [3.8, 4) is 0 Å². The Morgan fingerprint density at radius 2 is 2.09 bits per heavy atom. The maximum atomic E-state index is 11.0. The molecule has 1 aliphatic heterocycles. The van der Waals surface area contributed by atoms with E-state index in [0.29, 0.717) is 12.5 Å². The fraction of sp³-hybridized carbons (Fsp3) is 0.600. The van der Waals surface area contributed by atoms with E-state index < -0.39 is 10.2 Å². The van der Waals surface area contributed by atoms with Gasteiger partial charge in [0.25, 0.3) is 10.2 Å². The first kappa shape index (κ1) is 17.2. The van der Waals surface area contributed by atoms with Crippen molar-refractivity contribution in [3.05, 3.63) is 29.8 Å². The molecule has 0 spiro atoms. The number of likely N-dealkylation sites (tertiary alicyclic amines) is 1. The van der Waals surface area contributed by atoms with Crippen LogP contribution in [0.2, 0.25) is 0 Å². The minimum absolute atomic E-state index is 0.318. The summed E-state index contributed by atoms with van der Waals surface area (Å²) in [6, 6.07) is 8.39. The summed E-state index contributed by atoms with van der Waals surface area (Å²) in [6.45, 7) is 3.25. The summed E-state index contributed by atoms with van der Waals surface area (Å²) in [6.07, 6.45) is 2.12. The average Bonchev–Trinajstić information content (AvgIpc) is 2.45. The van der Waals surface area contributed by atoms with Gasteiger partial charge in [0, 0.05) is 39.4 Å². The number of piperidine rings is 1. The number of nitrogens with one attached hydrogen (secondary N) is 1. The van der Waals surface area contributed by atoms with Gasteiger partial charge in [-0.3, -0.25) is 4.90 Å². The second kappa shape index (κ2) is 7.41. The molecule has 1 aromatic carbocycles. The summed E-state index contributed by atoms with van der Waals surface area (Å²) in [5.74, 6) is 0.318. The molecule has 0 unspecified atom stereocenters. The van der Waals surface area contributed by atoms with Gasteiger partial charge in [-0.15, -0.1) is 0 Å². The van der Waals surface area contributed by atoms with Gasteiger partial charge in [-0.2, -0.15) is 8.42 Å². The minimum Gasteiger partial charge on any atom is -0.377 e. The molecule has 0 saturated carbocycles. The highest BCUT2D eigenvalue weighted by molar-refractivity contribution is 7.87. The molecule has 6 nitrogen and oxygen atoms in total. The minimum atomic E-state index is -3.59. The number of para-hydroxylation sites is 1. The standard InChI is InChI=1S/C15H26N4O2S/c1-18(2)15-8-4-3-7-14(15)12-19-9-5-6-13(11-19)10-17-22(16,20)21/h3-4,7-8,13,17H,5-6,9-12H2,1-2H3,(H2,16,20,21)/t13-/m1/s1. The van der Waals surface area contributed by atoms with Gasteiger partial charge in [-0.25, -0.2) is 9.86 Å². The van der Waals surface area contributed by atoms with Gasteiger partial charge in [-0.1, -0.05) is 18.2 Å². The highest BCUT2D eigenvalue weighted by Crippen LogP contribution is 2.23. The number of anilines is 1. The van der Waals surface area contributed by atoms with E-state index in [2.05, 4.69) is 32.7 Å². The summed E-state index contributed by atoms with van der Waals surface area (Å²) in [5.41, 5.74) is 2.53. The van der Waals surface area contributed by atoms with Gasteiger partial charge in [0.15, 0.2) is 0 Å². The van der Waals surface area contributed by atoms with Gasteiger partial charge >= 0.3 is 0 Å². The fourth-order valence-corrected chi connectivity index (χ4v) is 3.49. The van der Waals surface area contributed by atoms with Crippen LogP contribution in [0.4, 0.5) is 5.69 Å². The molecular formula is C15H26N4O2S. The van der Waals surface area contributed by atoms with Gasteiger partial charge in [0.2, 0.25) is 0 Å². The molecule has 0 amide bonds. The molecule has 1 aliphatic rings. The molecular weight excluding hydrogens is 300 g/mol. The molecule has 1 heterocycles. The molecule has 1 fully saturated rings. The monoisotopic (exact) mass is 326 g/mol. The lowest BCUT2D eigenvalue weighted by Crippen LogP contribution is -2.42. The Labute approximate surface area is 133 Å². The van der Waals surface area contributed by atoms with Crippen molar-refractivity contribution >= 4 is 15.9 Å². The van der Waals surface area contributed by atoms with Crippen molar-refractivity contribution in [1.82, 2.24) is 9.62 Å². The van der Waals surface area contributed by atoms with Crippen LogP contribution >= 0.6 is 0 Å². The Morgan fingerprint density at radius 1 is 1.36 bits per heavy atom. The highest BCUT2D eigenvalue weighted by Gasteiger charge is 2.21. The lowest BCUT2D eigenvalue weighted by atomic mass is 9.97. The third-order valence-electron chi connectivity index (χ3n) is 4.04. The van der Waals surface area contributed by atoms with Gasteiger partial charge < -0.3 is 4.90 Å². The summed E-state index contributed by atoms with van der Waals surface area (Å²) in [4.78, 5) is 4.51. The number of rotatable bonds is 6. The van der Waals surface area contributed by atoms with Gasteiger partial charge in [0.05, 0.1) is 0 Å². The second-order valence-corrected chi connectivity index (χ2v) is 7.54. The normalized spacial score (nSPS) is 20.0. The smallest absolute Gasteiger partial charge is 0.274 e. The van der Waals surface area contributed by atoms with Crippen LogP contribution in [0.1, 0.15) is 18.4 Å². The van der Waals surface area contributed by atoms with E-state index in [1.807, 2.05) is 20.2 Å². The lowest BCUT2D eigenvalue weighted by molar-refractivity contribution is 0.169. The van der Waals surface area contributed by atoms with E-state index in [4.69, 9.17) is 5.14 Å². The molecule has 22 heavy (non-hydrogen) atoms. The summed E-state index contributed by atoms with van der Waals surface area (Å²) < 4.78 is 24.4. The topological polar surface area (TPSA) is 78.7 Å². The molecule has 0 aromatic heterocycles. The van der Waals surface area contributed by atoms with Crippen molar-refractivity contribution in [2.24, 2.45) is 11.1 Å². The third kappa shape index (κ3) is 5.24. The van der Waals surface area contributed by atoms with E-state index in [9.17, 15) is 8.42 Å². The van der Waals surface area contributed by atoms with E-state index in [1.165, 1.54) is 11.3 Å². The molecule has 0 radical (unpaired) electrons. The van der Waals surface area contributed by atoms with Gasteiger partial charge in [-0.05, 0) is 36.9 Å². The Bertz CT molecular complexity index is 589. The van der Waals surface area contributed by atoms with Crippen LogP contribution in [-0.4, -0.2) is 47.0 Å². The first-order valence-electron chi connectivity index (χ1n) is 7.60. The maximum absolute atomic E-state index is 11.0. The first-order valence-corrected chi connectivity index (χ1v) is 9.15. The van der Waals surface area contributed by atoms with Crippen molar-refractivity contribution in [1.29, 1.82) is 0 Å². The Balaban J connectivity index is 1.96. The van der Waals surface area contributed by atoms with E-state index in [1.54, 1.807) is 0 Å². The number of benzene rings is 1. The summed E-state index contributed by atoms with van der Waals surface area (Å²) in [7, 11) is 0.506. The molecule has 1 saturated heterocycles. The lowest BCUT2D eigenvalue weighted by Gasteiger charge is -2.33. The molecule has 2 rings (SSSR count). The zero-order valence-electron chi connectivity index (χ0n) is 13.3. The molecule has 0 aliphatic carbocycles. The van der Waals surface area contributed by atoms with Crippen LogP contribution in [0.5, 0.6) is 0 Å². The molecule has 124 valence electrons. The van der Waals surface area contributed by atoms with Crippen LogP contribution in [0.3, 0.4) is 0 Å². The van der Waals surface area contributed by atoms with Crippen LogP contribution in [0.25, 0.3) is 0 Å². The second-order valence-electron chi connectivity index (χ2n) is 6.16. The zero-order chi connectivity index (χ0) is 16.2. The Morgan fingerprint density at radius 3 is 2.77 bits per heavy atom. The van der Waals surface area contributed by atoms with Crippen LogP contribution in [0, 0.1) is 5.92 Å². The molecule has 1 aromatic rings. The third-order valence-corrected chi connectivity index (χ3v) is 4.61. The molecule has 7 heteroatoms. The van der Waals surface area contributed by atoms with E-state index in [-0.39, 0.29) is 0 Å². The number of hydrogen-bond donors (Lipinski definition) is 2. The van der Waals surface area contributed by atoms with E-state index in [0.717, 1.165) is 32.5 Å². The Hall–Kier alpha value is -1.15. The van der Waals surface area contributed by atoms with Crippen molar-refractivity contribution < 1.29 is 8.42 Å². The number of nitrogens with two attached hydrogens (primary N) is 1. The number of nitrogens with zero attached hydrogens (tertiary/aromatic N) is 2. The quantitative estimate of drug-likeness (QED) is 0.809. The predicted octanol–water partition coefficient (Wildman–Crippen LogP) is 0.758. The summed E-state index contributed by atoms with van der Waals surface area (Å²) in [5, 5.41) is 5.01. The zero-order valence-corrected chi connectivity index (χ0v) is 14.1. The molecule has 1 atom stereocenters. The average molecular weight is 326 g/mol. The maximum Gasteiger partial charge on any atom is 0.274 e. The molecule has 0 bridgehead atoms. The fourth-order valence-electron chi connectivity index (χ4n) is 3.02. The number of hydrogen-bond acceptors (Lipinski definition) is 4. The largest absolute Gasteiger partial charge is 0.377 e. The first-order chi connectivity index (χ1) is 10.3. The van der Waals surface area contributed by atoms with Crippen molar-refractivity contribution in [2.75, 3.05) is 38.6 Å². The van der Waals surface area contributed by atoms with Crippen LogP contribution in [-0.2, 0) is 16.8 Å². The Kier molecular flexibility index (Phi) is 5.80. The van der Waals surface area contributed by atoms with Crippen molar-refractivity contribution in [3.63, 3.8) is 0 Å². The van der Waals surface area contributed by atoms with Gasteiger partial charge in [0.1, 0.15) is 0 Å². The van der Waals surface area contributed by atoms with Crippen LogP contribution in [0.15, 0.2) is 24.3 Å². The van der Waals surface area contributed by atoms with Crippen molar-refractivity contribution in [2.45, 2.75) is 19.4 Å².